The molecule has 0 unspecified atom stereocenters. The fourth-order valence-electron chi connectivity index (χ4n) is 1.87. The molecule has 0 radical (unpaired) electrons. The van der Waals surface area contributed by atoms with E-state index in [0.717, 1.165) is 5.56 Å². The van der Waals surface area contributed by atoms with Crippen molar-refractivity contribution < 1.29 is 10.0 Å². The van der Waals surface area contributed by atoms with Crippen LogP contribution in [0, 0.1) is 10.1 Å². The van der Waals surface area contributed by atoms with E-state index >= 15 is 0 Å². The first-order chi connectivity index (χ1) is 9.13. The minimum atomic E-state index is -0.439. The Labute approximate surface area is 107 Å². The number of fused-ring (bicyclic) bond motifs is 1. The number of nitro benzene ring substituents is 1. The normalized spacial score (nSPS) is 10.7. The van der Waals surface area contributed by atoms with Crippen molar-refractivity contribution in [3.05, 3.63) is 58.9 Å². The maximum atomic E-state index is 10.6. The lowest BCUT2D eigenvalue weighted by atomic mass is 10.1. The Kier molecular flexibility index (Phi) is 2.42. The highest BCUT2D eigenvalue weighted by atomic mass is 16.6. The summed E-state index contributed by atoms with van der Waals surface area (Å²) in [6, 6.07) is 9.44. The number of nitrogens with zero attached hydrogens (tertiary/aromatic N) is 3. The van der Waals surface area contributed by atoms with Gasteiger partial charge < -0.3 is 9.51 Å². The lowest BCUT2D eigenvalue weighted by Crippen LogP contribution is -1.87. The van der Waals surface area contributed by atoms with Gasteiger partial charge in [0.15, 0.2) is 0 Å². The summed E-state index contributed by atoms with van der Waals surface area (Å²) in [6.07, 6.45) is 3.31. The van der Waals surface area contributed by atoms with Crippen LogP contribution in [0.5, 0.6) is 5.75 Å². The highest BCUT2D eigenvalue weighted by molar-refractivity contribution is 5.64. The fourth-order valence-corrected chi connectivity index (χ4v) is 1.87. The third-order valence-corrected chi connectivity index (χ3v) is 2.81. The van der Waals surface area contributed by atoms with Crippen molar-refractivity contribution in [2.24, 2.45) is 0 Å². The van der Waals surface area contributed by atoms with E-state index in [4.69, 9.17) is 0 Å². The second kappa shape index (κ2) is 4.09. The van der Waals surface area contributed by atoms with E-state index in [0.29, 0.717) is 11.3 Å². The zero-order valence-electron chi connectivity index (χ0n) is 9.72. The number of hydrogen-bond acceptors (Lipinski definition) is 4. The summed E-state index contributed by atoms with van der Waals surface area (Å²) in [6.45, 7) is 0. The molecule has 6 heteroatoms. The summed E-state index contributed by atoms with van der Waals surface area (Å²) in [5, 5.41) is 20.0. The minimum Gasteiger partial charge on any atom is -0.506 e. The minimum absolute atomic E-state index is 0.0464. The number of aromatic nitrogens is 2. The summed E-state index contributed by atoms with van der Waals surface area (Å²) < 4.78 is 1.70. The van der Waals surface area contributed by atoms with Crippen molar-refractivity contribution in [3.8, 4) is 17.0 Å². The predicted octanol–water partition coefficient (Wildman–Crippen LogP) is 2.62. The smallest absolute Gasteiger partial charge is 0.269 e. The van der Waals surface area contributed by atoms with Gasteiger partial charge in [0.25, 0.3) is 5.69 Å². The molecule has 0 amide bonds. The summed E-state index contributed by atoms with van der Waals surface area (Å²) in [7, 11) is 0. The van der Waals surface area contributed by atoms with Crippen LogP contribution < -0.4 is 0 Å². The van der Waals surface area contributed by atoms with Gasteiger partial charge in [0.1, 0.15) is 11.4 Å². The van der Waals surface area contributed by atoms with Gasteiger partial charge in [-0.1, -0.05) is 0 Å². The Morgan fingerprint density at radius 3 is 2.53 bits per heavy atom. The average Bonchev–Trinajstić information content (AvgIpc) is 2.81. The molecule has 94 valence electrons. The zero-order chi connectivity index (χ0) is 13.4. The van der Waals surface area contributed by atoms with E-state index < -0.39 is 4.92 Å². The Hall–Kier alpha value is -2.89. The lowest BCUT2D eigenvalue weighted by molar-refractivity contribution is -0.384. The molecule has 0 bridgehead atoms. The first kappa shape index (κ1) is 11.2. The molecular formula is C13H9N3O3. The van der Waals surface area contributed by atoms with Crippen LogP contribution in [-0.4, -0.2) is 19.4 Å². The molecule has 1 aromatic carbocycles. The van der Waals surface area contributed by atoms with E-state index in [2.05, 4.69) is 4.98 Å². The molecule has 2 aromatic heterocycles. The van der Waals surface area contributed by atoms with Crippen molar-refractivity contribution in [1.82, 2.24) is 9.38 Å². The number of hydrogen-bond donors (Lipinski definition) is 1. The number of rotatable bonds is 2. The Morgan fingerprint density at radius 2 is 1.84 bits per heavy atom. The molecule has 6 nitrogen and oxygen atoms in total. The molecule has 0 fully saturated rings. The molecule has 0 aliphatic heterocycles. The average molecular weight is 255 g/mol. The second-order valence-electron chi connectivity index (χ2n) is 4.08. The Balaban J connectivity index is 2.06. The van der Waals surface area contributed by atoms with E-state index in [1.807, 2.05) is 0 Å². The maximum absolute atomic E-state index is 10.6. The van der Waals surface area contributed by atoms with Crippen molar-refractivity contribution in [3.63, 3.8) is 0 Å². The molecule has 3 rings (SSSR count). The van der Waals surface area contributed by atoms with E-state index in [9.17, 15) is 15.2 Å². The molecular weight excluding hydrogens is 246 g/mol. The van der Waals surface area contributed by atoms with Crippen LogP contribution in [-0.2, 0) is 0 Å². The van der Waals surface area contributed by atoms with Gasteiger partial charge in [0, 0.05) is 23.9 Å². The van der Waals surface area contributed by atoms with E-state index in [1.54, 1.807) is 41.1 Å². The van der Waals surface area contributed by atoms with Crippen LogP contribution in [0.4, 0.5) is 5.69 Å². The van der Waals surface area contributed by atoms with Crippen LogP contribution in [0.3, 0.4) is 0 Å². The van der Waals surface area contributed by atoms with Crippen LogP contribution in [0.25, 0.3) is 16.9 Å². The van der Waals surface area contributed by atoms with Crippen LogP contribution >= 0.6 is 0 Å². The van der Waals surface area contributed by atoms with Crippen LogP contribution in [0.1, 0.15) is 0 Å². The zero-order valence-corrected chi connectivity index (χ0v) is 9.72. The van der Waals surface area contributed by atoms with E-state index in [-0.39, 0.29) is 11.4 Å². The predicted molar refractivity (Wildman–Crippen MR) is 68.9 cm³/mol. The van der Waals surface area contributed by atoms with Gasteiger partial charge in [0.2, 0.25) is 0 Å². The first-order valence-corrected chi connectivity index (χ1v) is 5.56. The van der Waals surface area contributed by atoms with Crippen molar-refractivity contribution in [2.45, 2.75) is 0 Å². The summed E-state index contributed by atoms with van der Waals surface area (Å²) in [4.78, 5) is 14.5. The van der Waals surface area contributed by atoms with Crippen molar-refractivity contribution in [2.75, 3.05) is 0 Å². The van der Waals surface area contributed by atoms with Crippen molar-refractivity contribution >= 4 is 11.3 Å². The third-order valence-electron chi connectivity index (χ3n) is 2.81. The monoisotopic (exact) mass is 255 g/mol. The standard InChI is InChI=1S/C13H9N3O3/c17-11-5-6-13-14-12(8-15(13)7-11)9-1-3-10(4-2-9)16(18)19/h1-8,17H. The SMILES string of the molecule is O=[N+]([O-])c1ccc(-c2cn3cc(O)ccc3n2)cc1. The number of imidazole rings is 1. The topological polar surface area (TPSA) is 80.7 Å². The quantitative estimate of drug-likeness (QED) is 0.563. The molecule has 3 aromatic rings. The molecule has 0 aliphatic carbocycles. The Bertz CT molecular complexity index is 762. The molecule has 0 atom stereocenters. The fraction of sp³-hybridized carbons (Fsp3) is 0. The molecule has 0 saturated heterocycles. The number of nitro groups is 1. The number of pyridine rings is 1. The van der Waals surface area contributed by atoms with Gasteiger partial charge in [0.05, 0.1) is 16.8 Å². The highest BCUT2D eigenvalue weighted by Crippen LogP contribution is 2.23. The first-order valence-electron chi connectivity index (χ1n) is 5.56. The lowest BCUT2D eigenvalue weighted by Gasteiger charge is -1.95. The summed E-state index contributed by atoms with van der Waals surface area (Å²) >= 11 is 0. The molecule has 0 spiro atoms. The number of non-ortho nitro benzene ring substituents is 1. The van der Waals surface area contributed by atoms with Crippen LogP contribution in [0.2, 0.25) is 0 Å². The van der Waals surface area contributed by atoms with Gasteiger partial charge >= 0.3 is 0 Å². The van der Waals surface area contributed by atoms with Gasteiger partial charge in [-0.2, -0.15) is 0 Å². The maximum Gasteiger partial charge on any atom is 0.269 e. The van der Waals surface area contributed by atoms with Gasteiger partial charge in [-0.15, -0.1) is 0 Å². The molecule has 2 heterocycles. The van der Waals surface area contributed by atoms with Gasteiger partial charge in [-0.3, -0.25) is 10.1 Å². The largest absolute Gasteiger partial charge is 0.506 e. The number of aromatic hydroxyl groups is 1. The summed E-state index contributed by atoms with van der Waals surface area (Å²) in [5.41, 5.74) is 2.23. The van der Waals surface area contributed by atoms with Crippen molar-refractivity contribution in [1.29, 1.82) is 0 Å². The highest BCUT2D eigenvalue weighted by Gasteiger charge is 2.08. The number of benzene rings is 1. The van der Waals surface area contributed by atoms with Gasteiger partial charge in [-0.25, -0.2) is 4.98 Å². The van der Waals surface area contributed by atoms with Gasteiger partial charge in [-0.05, 0) is 24.3 Å². The summed E-state index contributed by atoms with van der Waals surface area (Å²) in [5.74, 6) is 0.153. The third kappa shape index (κ3) is 1.99. The molecule has 0 saturated carbocycles. The molecule has 0 aliphatic rings. The van der Waals surface area contributed by atoms with E-state index in [1.165, 1.54) is 12.1 Å². The molecule has 1 N–H and O–H groups in total. The molecule has 19 heavy (non-hydrogen) atoms. The Morgan fingerprint density at radius 1 is 1.11 bits per heavy atom. The van der Waals surface area contributed by atoms with Crippen LogP contribution in [0.15, 0.2) is 48.8 Å². The second-order valence-corrected chi connectivity index (χ2v) is 4.08.